The average molecular weight is 319 g/mol. The molecule has 24 heavy (non-hydrogen) atoms. The Morgan fingerprint density at radius 3 is 2.46 bits per heavy atom. The van der Waals surface area contributed by atoms with Crippen LogP contribution in [0.25, 0.3) is 6.08 Å². The monoisotopic (exact) mass is 319 g/mol. The van der Waals surface area contributed by atoms with Gasteiger partial charge in [-0.3, -0.25) is 9.59 Å². The van der Waals surface area contributed by atoms with E-state index in [0.29, 0.717) is 11.4 Å². The molecule has 0 spiro atoms. The van der Waals surface area contributed by atoms with Crippen molar-refractivity contribution in [3.8, 4) is 6.07 Å². The fraction of sp³-hybridized carbons (Fsp3) is 0.105. The fourth-order valence-electron chi connectivity index (χ4n) is 2.09. The number of para-hydroxylation sites is 2. The molecule has 0 aliphatic rings. The Morgan fingerprint density at radius 1 is 1.08 bits per heavy atom. The van der Waals surface area contributed by atoms with Crippen LogP contribution in [0.3, 0.4) is 0 Å². The second-order valence-electron chi connectivity index (χ2n) is 5.17. The van der Waals surface area contributed by atoms with Gasteiger partial charge in [-0.2, -0.15) is 5.26 Å². The molecule has 0 unspecified atom stereocenters. The summed E-state index contributed by atoms with van der Waals surface area (Å²) < 4.78 is 0. The number of aryl methyl sites for hydroxylation is 1. The number of anilines is 2. The second-order valence-corrected chi connectivity index (χ2v) is 5.17. The zero-order chi connectivity index (χ0) is 17.4. The summed E-state index contributed by atoms with van der Waals surface area (Å²) in [6, 6.07) is 16.4. The van der Waals surface area contributed by atoms with E-state index in [1.165, 1.54) is 6.08 Å². The number of hydrogen-bond acceptors (Lipinski definition) is 3. The number of carbonyl (C=O) groups excluding carboxylic acids is 2. The smallest absolute Gasteiger partial charge is 0.248 e. The van der Waals surface area contributed by atoms with Gasteiger partial charge in [0.2, 0.25) is 11.8 Å². The molecule has 2 N–H and O–H groups in total. The third-order valence-corrected chi connectivity index (χ3v) is 3.17. The second kappa shape index (κ2) is 8.30. The summed E-state index contributed by atoms with van der Waals surface area (Å²) in [4.78, 5) is 23.6. The molecular formula is C19H17N3O2. The Morgan fingerprint density at radius 2 is 1.79 bits per heavy atom. The van der Waals surface area contributed by atoms with Crippen molar-refractivity contribution in [2.24, 2.45) is 0 Å². The van der Waals surface area contributed by atoms with Crippen LogP contribution in [-0.4, -0.2) is 11.8 Å². The first-order chi connectivity index (χ1) is 11.6. The van der Waals surface area contributed by atoms with Crippen LogP contribution in [0.2, 0.25) is 0 Å². The van der Waals surface area contributed by atoms with Crippen molar-refractivity contribution in [3.05, 3.63) is 65.7 Å². The molecule has 2 amide bonds. The number of nitrogens with zero attached hydrogens (tertiary/aromatic N) is 1. The Kier molecular flexibility index (Phi) is 5.87. The summed E-state index contributed by atoms with van der Waals surface area (Å²) in [5, 5.41) is 13.9. The third-order valence-electron chi connectivity index (χ3n) is 3.17. The van der Waals surface area contributed by atoms with E-state index in [1.807, 2.05) is 31.2 Å². The van der Waals surface area contributed by atoms with Gasteiger partial charge in [0, 0.05) is 6.08 Å². The minimum atomic E-state index is -0.422. The molecule has 2 aromatic rings. The lowest BCUT2D eigenvalue weighted by Gasteiger charge is -2.10. The largest absolute Gasteiger partial charge is 0.323 e. The lowest BCUT2D eigenvalue weighted by atomic mass is 10.1. The van der Waals surface area contributed by atoms with Gasteiger partial charge in [0.25, 0.3) is 0 Å². The minimum Gasteiger partial charge on any atom is -0.323 e. The van der Waals surface area contributed by atoms with Crippen LogP contribution in [0.5, 0.6) is 0 Å². The van der Waals surface area contributed by atoms with Crippen molar-refractivity contribution in [2.75, 3.05) is 10.6 Å². The average Bonchev–Trinajstić information content (AvgIpc) is 2.55. The van der Waals surface area contributed by atoms with Gasteiger partial charge in [-0.25, -0.2) is 0 Å². The summed E-state index contributed by atoms with van der Waals surface area (Å²) in [5.41, 5.74) is 2.97. The number of rotatable bonds is 5. The molecule has 5 heteroatoms. The molecule has 2 aromatic carbocycles. The van der Waals surface area contributed by atoms with E-state index in [0.717, 1.165) is 11.1 Å². The highest BCUT2D eigenvalue weighted by Gasteiger charge is 2.07. The van der Waals surface area contributed by atoms with Gasteiger partial charge in [0.15, 0.2) is 0 Å². The Bertz CT molecular complexity index is 819. The fourth-order valence-corrected chi connectivity index (χ4v) is 2.09. The predicted molar refractivity (Wildman–Crippen MR) is 94.1 cm³/mol. The van der Waals surface area contributed by atoms with Crippen LogP contribution < -0.4 is 10.6 Å². The predicted octanol–water partition coefficient (Wildman–Crippen LogP) is 3.50. The van der Waals surface area contributed by atoms with Gasteiger partial charge >= 0.3 is 0 Å². The molecule has 0 aliphatic carbocycles. The van der Waals surface area contributed by atoms with Gasteiger partial charge < -0.3 is 10.6 Å². The number of hydrogen-bond donors (Lipinski definition) is 2. The van der Waals surface area contributed by atoms with Gasteiger partial charge in [-0.15, -0.1) is 0 Å². The van der Waals surface area contributed by atoms with Gasteiger partial charge in [0.05, 0.1) is 17.4 Å². The van der Waals surface area contributed by atoms with Gasteiger partial charge in [-0.05, 0) is 30.7 Å². The molecule has 0 radical (unpaired) electrons. The van der Waals surface area contributed by atoms with Crippen LogP contribution in [0.15, 0.2) is 54.6 Å². The van der Waals surface area contributed by atoms with Crippen molar-refractivity contribution in [2.45, 2.75) is 13.3 Å². The van der Waals surface area contributed by atoms with E-state index in [4.69, 9.17) is 5.26 Å². The molecule has 2 rings (SSSR count). The number of benzene rings is 2. The van der Waals surface area contributed by atoms with E-state index < -0.39 is 5.91 Å². The number of nitrogens with one attached hydrogen (secondary N) is 2. The number of carbonyl (C=O) groups is 2. The third kappa shape index (κ3) is 5.11. The van der Waals surface area contributed by atoms with Crippen LogP contribution in [0.1, 0.15) is 17.5 Å². The summed E-state index contributed by atoms with van der Waals surface area (Å²) >= 11 is 0. The maximum Gasteiger partial charge on any atom is 0.248 e. The highest BCUT2D eigenvalue weighted by molar-refractivity contribution is 6.05. The van der Waals surface area contributed by atoms with Gasteiger partial charge in [-0.1, -0.05) is 42.0 Å². The summed E-state index contributed by atoms with van der Waals surface area (Å²) in [6.45, 7) is 1.98. The SMILES string of the molecule is Cc1cccc(/C=C/C(=O)Nc2ccccc2NC(=O)CC#N)c1. The van der Waals surface area contributed by atoms with Crippen LogP contribution in [0, 0.1) is 18.3 Å². The summed E-state index contributed by atoms with van der Waals surface area (Å²) in [7, 11) is 0. The molecule has 0 heterocycles. The zero-order valence-electron chi connectivity index (χ0n) is 13.2. The highest BCUT2D eigenvalue weighted by Crippen LogP contribution is 2.21. The van der Waals surface area contributed by atoms with Crippen LogP contribution in [0.4, 0.5) is 11.4 Å². The topological polar surface area (TPSA) is 82.0 Å². The molecule has 5 nitrogen and oxygen atoms in total. The first-order valence-corrected chi connectivity index (χ1v) is 7.40. The first-order valence-electron chi connectivity index (χ1n) is 7.40. The molecule has 120 valence electrons. The molecule has 0 aromatic heterocycles. The van der Waals surface area contributed by atoms with Crippen LogP contribution >= 0.6 is 0 Å². The number of nitriles is 1. The molecule has 0 aliphatic heterocycles. The Hall–Kier alpha value is -3.39. The maximum atomic E-state index is 12.1. The lowest BCUT2D eigenvalue weighted by Crippen LogP contribution is -2.14. The highest BCUT2D eigenvalue weighted by atomic mass is 16.2. The Labute approximate surface area is 140 Å². The molecule has 0 fully saturated rings. The van der Waals surface area contributed by atoms with E-state index in [9.17, 15) is 9.59 Å². The maximum absolute atomic E-state index is 12.1. The van der Waals surface area contributed by atoms with E-state index in [-0.39, 0.29) is 12.3 Å². The summed E-state index contributed by atoms with van der Waals surface area (Å²) in [5.74, 6) is -0.729. The first kappa shape index (κ1) is 17.0. The zero-order valence-corrected chi connectivity index (χ0v) is 13.2. The molecule has 0 atom stereocenters. The minimum absolute atomic E-state index is 0.241. The molecule has 0 saturated carbocycles. The Balaban J connectivity index is 2.06. The number of amides is 2. The standard InChI is InChI=1S/C19H17N3O2/c1-14-5-4-6-15(13-14)9-10-18(23)21-16-7-2-3-8-17(16)22-19(24)11-12-20/h2-10,13H,11H2,1H3,(H,21,23)(H,22,24)/b10-9+. The van der Waals surface area contributed by atoms with E-state index in [1.54, 1.807) is 36.4 Å². The molecule has 0 saturated heterocycles. The van der Waals surface area contributed by atoms with Crippen molar-refractivity contribution >= 4 is 29.3 Å². The molecular weight excluding hydrogens is 302 g/mol. The van der Waals surface area contributed by atoms with Gasteiger partial charge in [0.1, 0.15) is 6.42 Å². The van der Waals surface area contributed by atoms with Crippen molar-refractivity contribution < 1.29 is 9.59 Å². The van der Waals surface area contributed by atoms with Crippen LogP contribution in [-0.2, 0) is 9.59 Å². The van der Waals surface area contributed by atoms with E-state index >= 15 is 0 Å². The molecule has 0 bridgehead atoms. The van der Waals surface area contributed by atoms with Crippen molar-refractivity contribution in [1.29, 1.82) is 5.26 Å². The van der Waals surface area contributed by atoms with Crippen molar-refractivity contribution in [1.82, 2.24) is 0 Å². The lowest BCUT2D eigenvalue weighted by molar-refractivity contribution is -0.115. The van der Waals surface area contributed by atoms with Crippen molar-refractivity contribution in [3.63, 3.8) is 0 Å². The van der Waals surface area contributed by atoms with E-state index in [2.05, 4.69) is 10.6 Å². The summed E-state index contributed by atoms with van der Waals surface area (Å²) in [6.07, 6.45) is 2.91. The normalized spacial score (nSPS) is 10.2. The quantitative estimate of drug-likeness (QED) is 0.828.